The fraction of sp³-hybridized carbons (Fsp3) is 0.500. The van der Waals surface area contributed by atoms with Gasteiger partial charge in [0.1, 0.15) is 11.7 Å². The van der Waals surface area contributed by atoms with Gasteiger partial charge >= 0.3 is 5.97 Å². The van der Waals surface area contributed by atoms with E-state index < -0.39 is 0 Å². The second kappa shape index (κ2) is 6.48. The van der Waals surface area contributed by atoms with E-state index in [2.05, 4.69) is 4.98 Å². The minimum atomic E-state index is -0.381. The Morgan fingerprint density at radius 2 is 2.10 bits per heavy atom. The number of aryl methyl sites for hydroxylation is 1. The Morgan fingerprint density at radius 1 is 1.38 bits per heavy atom. The van der Waals surface area contributed by atoms with Gasteiger partial charge in [0.15, 0.2) is 0 Å². The Labute approximate surface area is 130 Å². The van der Waals surface area contributed by atoms with E-state index in [1.54, 1.807) is 0 Å². The molecule has 1 aromatic heterocycles. The number of imidazole rings is 1. The fourth-order valence-corrected chi connectivity index (χ4v) is 2.90. The molecule has 0 saturated carbocycles. The predicted molar refractivity (Wildman–Crippen MR) is 84.6 cm³/mol. The summed E-state index contributed by atoms with van der Waals surface area (Å²) in [5.41, 5.74) is 1.70. The lowest BCUT2D eigenvalue weighted by molar-refractivity contribution is -0.146. The van der Waals surface area contributed by atoms with Crippen LogP contribution in [0.25, 0.3) is 11.0 Å². The van der Waals surface area contributed by atoms with Gasteiger partial charge in [0.05, 0.1) is 22.7 Å². The molecule has 5 heteroatoms. The summed E-state index contributed by atoms with van der Waals surface area (Å²) in [6.45, 7) is 8.92. The minimum Gasteiger partial charge on any atom is -0.465 e. The number of aromatic nitrogens is 2. The van der Waals surface area contributed by atoms with Crippen molar-refractivity contribution >= 4 is 28.6 Å². The highest BCUT2D eigenvalue weighted by atomic mass is 35.5. The molecule has 1 atom stereocenters. The molecular formula is C16H21ClN2O2. The van der Waals surface area contributed by atoms with Gasteiger partial charge in [0, 0.05) is 6.54 Å². The van der Waals surface area contributed by atoms with Gasteiger partial charge < -0.3 is 9.30 Å². The number of esters is 1. The van der Waals surface area contributed by atoms with E-state index in [9.17, 15) is 4.79 Å². The largest absolute Gasteiger partial charge is 0.465 e. The molecule has 0 amide bonds. The molecule has 1 heterocycles. The molecule has 114 valence electrons. The summed E-state index contributed by atoms with van der Waals surface area (Å²) in [7, 11) is 0. The minimum absolute atomic E-state index is 0.102. The number of hydrogen-bond acceptors (Lipinski definition) is 3. The lowest BCUT2D eigenvalue weighted by atomic mass is 9.95. The molecular weight excluding hydrogens is 288 g/mol. The van der Waals surface area contributed by atoms with Crippen LogP contribution in [0.4, 0.5) is 0 Å². The molecule has 4 nitrogen and oxygen atoms in total. The van der Waals surface area contributed by atoms with Crippen LogP contribution in [0.1, 0.15) is 39.4 Å². The van der Waals surface area contributed by atoms with Gasteiger partial charge in [-0.25, -0.2) is 4.98 Å². The van der Waals surface area contributed by atoms with Gasteiger partial charge in [-0.3, -0.25) is 4.79 Å². The van der Waals surface area contributed by atoms with Crippen LogP contribution >= 0.6 is 11.6 Å². The van der Waals surface area contributed by atoms with E-state index in [1.165, 1.54) is 0 Å². The first-order valence-corrected chi connectivity index (χ1v) is 7.70. The Morgan fingerprint density at radius 3 is 2.67 bits per heavy atom. The standard InChI is InChI=1S/C16H21ClN2O2/c1-5-19-14-11(17)8-7-9-12(14)18-15(19)13(10(3)4)16(20)21-6-2/h7-10,13H,5-6H2,1-4H3. The summed E-state index contributed by atoms with van der Waals surface area (Å²) in [6.07, 6.45) is 0. The second-order valence-corrected chi connectivity index (χ2v) is 5.70. The molecule has 21 heavy (non-hydrogen) atoms. The lowest BCUT2D eigenvalue weighted by Gasteiger charge is -2.19. The van der Waals surface area contributed by atoms with Crippen molar-refractivity contribution < 1.29 is 9.53 Å². The highest BCUT2D eigenvalue weighted by Gasteiger charge is 2.31. The van der Waals surface area contributed by atoms with Gasteiger partial charge in [-0.15, -0.1) is 0 Å². The van der Waals surface area contributed by atoms with E-state index in [4.69, 9.17) is 16.3 Å². The van der Waals surface area contributed by atoms with Crippen molar-refractivity contribution in [2.45, 2.75) is 40.2 Å². The number of benzene rings is 1. The van der Waals surface area contributed by atoms with Crippen LogP contribution in [-0.2, 0) is 16.1 Å². The van der Waals surface area contributed by atoms with Crippen LogP contribution in [0.5, 0.6) is 0 Å². The highest BCUT2D eigenvalue weighted by molar-refractivity contribution is 6.35. The zero-order chi connectivity index (χ0) is 15.6. The van der Waals surface area contributed by atoms with Crippen molar-refractivity contribution in [2.75, 3.05) is 6.61 Å². The van der Waals surface area contributed by atoms with E-state index in [0.29, 0.717) is 18.2 Å². The maximum absolute atomic E-state index is 12.3. The predicted octanol–water partition coefficient (Wildman–Crippen LogP) is 4.01. The van der Waals surface area contributed by atoms with Crippen LogP contribution in [0.15, 0.2) is 18.2 Å². The number of para-hydroxylation sites is 1. The number of carbonyl (C=O) groups excluding carboxylic acids is 1. The van der Waals surface area contributed by atoms with Crippen molar-refractivity contribution in [3.05, 3.63) is 29.0 Å². The zero-order valence-electron chi connectivity index (χ0n) is 12.9. The average molecular weight is 309 g/mol. The maximum atomic E-state index is 12.3. The van der Waals surface area contributed by atoms with Crippen LogP contribution in [0, 0.1) is 5.92 Å². The first-order chi connectivity index (χ1) is 10.0. The van der Waals surface area contributed by atoms with Crippen molar-refractivity contribution in [1.82, 2.24) is 9.55 Å². The molecule has 1 unspecified atom stereocenters. The van der Waals surface area contributed by atoms with Gasteiger partial charge in [0.2, 0.25) is 0 Å². The Balaban J connectivity index is 2.63. The number of ether oxygens (including phenoxy) is 1. The number of halogens is 1. The number of carbonyl (C=O) groups is 1. The molecule has 2 aromatic rings. The second-order valence-electron chi connectivity index (χ2n) is 5.30. The van der Waals surface area contributed by atoms with Crippen LogP contribution < -0.4 is 0 Å². The number of rotatable bonds is 5. The number of nitrogens with zero attached hydrogens (tertiary/aromatic N) is 2. The summed E-state index contributed by atoms with van der Waals surface area (Å²) in [5.74, 6) is 0.223. The first kappa shape index (κ1) is 15.8. The van der Waals surface area contributed by atoms with Crippen molar-refractivity contribution in [1.29, 1.82) is 0 Å². The summed E-state index contributed by atoms with van der Waals surface area (Å²) in [6, 6.07) is 5.63. The molecule has 0 radical (unpaired) electrons. The third-order valence-electron chi connectivity index (χ3n) is 3.55. The topological polar surface area (TPSA) is 44.1 Å². The highest BCUT2D eigenvalue weighted by Crippen LogP contribution is 2.31. The van der Waals surface area contributed by atoms with E-state index in [-0.39, 0.29) is 17.8 Å². The quantitative estimate of drug-likeness (QED) is 0.784. The van der Waals surface area contributed by atoms with Crippen molar-refractivity contribution in [2.24, 2.45) is 5.92 Å². The van der Waals surface area contributed by atoms with E-state index in [1.807, 2.05) is 50.5 Å². The van der Waals surface area contributed by atoms with Crippen LogP contribution in [-0.4, -0.2) is 22.1 Å². The monoisotopic (exact) mass is 308 g/mol. The molecule has 2 rings (SSSR count). The smallest absolute Gasteiger partial charge is 0.316 e. The zero-order valence-corrected chi connectivity index (χ0v) is 13.6. The van der Waals surface area contributed by atoms with Gasteiger partial charge in [0.25, 0.3) is 0 Å². The third kappa shape index (κ3) is 2.91. The molecule has 0 saturated heterocycles. The SMILES string of the molecule is CCOC(=O)C(c1nc2cccc(Cl)c2n1CC)C(C)C. The molecule has 0 bridgehead atoms. The van der Waals surface area contributed by atoms with Crippen molar-refractivity contribution in [3.63, 3.8) is 0 Å². The molecule has 1 aromatic carbocycles. The molecule has 0 aliphatic heterocycles. The summed E-state index contributed by atoms with van der Waals surface area (Å²) in [5, 5.41) is 0.652. The Bertz CT molecular complexity index is 649. The fourth-order valence-electron chi connectivity index (χ4n) is 2.62. The summed E-state index contributed by atoms with van der Waals surface area (Å²) >= 11 is 6.30. The Kier molecular flexibility index (Phi) is 4.88. The van der Waals surface area contributed by atoms with Crippen LogP contribution in [0.3, 0.4) is 0 Å². The Hall–Kier alpha value is -1.55. The van der Waals surface area contributed by atoms with Crippen molar-refractivity contribution in [3.8, 4) is 0 Å². The molecule has 0 aliphatic rings. The lowest BCUT2D eigenvalue weighted by Crippen LogP contribution is -2.24. The first-order valence-electron chi connectivity index (χ1n) is 7.32. The van der Waals surface area contributed by atoms with Gasteiger partial charge in [-0.2, -0.15) is 0 Å². The van der Waals surface area contributed by atoms with Gasteiger partial charge in [-0.1, -0.05) is 31.5 Å². The summed E-state index contributed by atoms with van der Waals surface area (Å²) < 4.78 is 7.23. The van der Waals surface area contributed by atoms with Gasteiger partial charge in [-0.05, 0) is 31.9 Å². The maximum Gasteiger partial charge on any atom is 0.316 e. The average Bonchev–Trinajstić information content (AvgIpc) is 2.78. The number of fused-ring (bicyclic) bond motifs is 1. The third-order valence-corrected chi connectivity index (χ3v) is 3.85. The normalized spacial score (nSPS) is 12.9. The molecule has 0 N–H and O–H groups in total. The molecule has 0 fully saturated rings. The van der Waals surface area contributed by atoms with Crippen LogP contribution in [0.2, 0.25) is 5.02 Å². The molecule has 0 aliphatic carbocycles. The molecule has 0 spiro atoms. The van der Waals surface area contributed by atoms with E-state index in [0.717, 1.165) is 16.9 Å². The summed E-state index contributed by atoms with van der Waals surface area (Å²) in [4.78, 5) is 17.0. The number of hydrogen-bond donors (Lipinski definition) is 0. The van der Waals surface area contributed by atoms with E-state index >= 15 is 0 Å².